The molecule has 2 aliphatic rings. The van der Waals surface area contributed by atoms with Crippen LogP contribution in [-0.4, -0.2) is 37.1 Å². The Balaban J connectivity index is 1.74. The Morgan fingerprint density at radius 2 is 1.71 bits per heavy atom. The first-order valence-corrected chi connectivity index (χ1v) is 8.78. The fourth-order valence-electron chi connectivity index (χ4n) is 3.95. The monoisotopic (exact) mass is 344 g/mol. The van der Waals surface area contributed by atoms with E-state index in [-0.39, 0.29) is 0 Å². The first-order valence-electron chi connectivity index (χ1n) is 7.99. The van der Waals surface area contributed by atoms with Crippen molar-refractivity contribution in [3.05, 3.63) is 40.9 Å². The second-order valence-corrected chi connectivity index (χ2v) is 7.10. The van der Waals surface area contributed by atoms with E-state index in [4.69, 9.17) is 0 Å². The zero-order valence-corrected chi connectivity index (χ0v) is 13.8. The first-order chi connectivity index (χ1) is 10.3. The summed E-state index contributed by atoms with van der Waals surface area (Å²) in [6, 6.07) is 14.0. The first kappa shape index (κ1) is 13.6. The average Bonchev–Trinajstić information content (AvgIpc) is 2.85. The molecule has 2 saturated heterocycles. The minimum atomic E-state index is 0.759. The van der Waals surface area contributed by atoms with E-state index >= 15 is 0 Å². The standard InChI is InChI=1S/C18H21BrN2/c19-17-8-9-18(16-7-2-1-6-15(16)17)21-12-4-11-20-10-3-5-14(20)13-21/h1-2,6-9,14H,3-5,10-13H2. The summed E-state index contributed by atoms with van der Waals surface area (Å²) >= 11 is 3.69. The number of anilines is 1. The molecule has 1 unspecified atom stereocenters. The van der Waals surface area contributed by atoms with Gasteiger partial charge in [-0.25, -0.2) is 0 Å². The molecule has 2 aromatic carbocycles. The number of halogens is 1. The van der Waals surface area contributed by atoms with Gasteiger partial charge in [0.2, 0.25) is 0 Å². The Labute approximate surface area is 134 Å². The Kier molecular flexibility index (Phi) is 3.64. The van der Waals surface area contributed by atoms with E-state index in [0.29, 0.717) is 0 Å². The molecule has 4 rings (SSSR count). The third-order valence-corrected chi connectivity index (χ3v) is 5.68. The maximum Gasteiger partial charge on any atom is 0.0447 e. The molecule has 21 heavy (non-hydrogen) atoms. The number of benzene rings is 2. The molecular weight excluding hydrogens is 324 g/mol. The van der Waals surface area contributed by atoms with Crippen molar-refractivity contribution in [1.82, 2.24) is 4.90 Å². The van der Waals surface area contributed by atoms with Crippen LogP contribution in [0.15, 0.2) is 40.9 Å². The van der Waals surface area contributed by atoms with Crippen LogP contribution >= 0.6 is 15.9 Å². The fourth-order valence-corrected chi connectivity index (χ4v) is 4.43. The highest BCUT2D eigenvalue weighted by Gasteiger charge is 2.29. The number of nitrogens with zero attached hydrogens (tertiary/aromatic N) is 2. The summed E-state index contributed by atoms with van der Waals surface area (Å²) in [7, 11) is 0. The number of hydrogen-bond donors (Lipinski definition) is 0. The molecule has 0 aliphatic carbocycles. The Morgan fingerprint density at radius 3 is 2.62 bits per heavy atom. The summed E-state index contributed by atoms with van der Waals surface area (Å²) in [4.78, 5) is 5.31. The lowest BCUT2D eigenvalue weighted by atomic mass is 10.1. The van der Waals surface area contributed by atoms with Crippen LogP contribution in [-0.2, 0) is 0 Å². The van der Waals surface area contributed by atoms with Gasteiger partial charge in [0.1, 0.15) is 0 Å². The van der Waals surface area contributed by atoms with Crippen LogP contribution in [0.1, 0.15) is 19.3 Å². The quantitative estimate of drug-likeness (QED) is 0.761. The van der Waals surface area contributed by atoms with Gasteiger partial charge in [0.05, 0.1) is 0 Å². The molecule has 0 bridgehead atoms. The molecule has 2 aliphatic heterocycles. The zero-order chi connectivity index (χ0) is 14.2. The molecular formula is C18H21BrN2. The van der Waals surface area contributed by atoms with E-state index in [1.807, 2.05) is 0 Å². The molecule has 2 heterocycles. The van der Waals surface area contributed by atoms with Crippen molar-refractivity contribution in [1.29, 1.82) is 0 Å². The summed E-state index contributed by atoms with van der Waals surface area (Å²) < 4.78 is 1.19. The number of fused-ring (bicyclic) bond motifs is 2. The van der Waals surface area contributed by atoms with Crippen LogP contribution in [0, 0.1) is 0 Å². The predicted molar refractivity (Wildman–Crippen MR) is 93.1 cm³/mol. The van der Waals surface area contributed by atoms with Crippen LogP contribution in [0.5, 0.6) is 0 Å². The lowest BCUT2D eigenvalue weighted by molar-refractivity contribution is 0.273. The van der Waals surface area contributed by atoms with Gasteiger partial charge in [-0.1, -0.05) is 40.2 Å². The molecule has 0 amide bonds. The summed E-state index contributed by atoms with van der Waals surface area (Å²) in [5, 5.41) is 2.70. The van der Waals surface area contributed by atoms with Gasteiger partial charge in [0.15, 0.2) is 0 Å². The van der Waals surface area contributed by atoms with Crippen molar-refractivity contribution >= 4 is 32.4 Å². The van der Waals surface area contributed by atoms with Gasteiger partial charge in [0.25, 0.3) is 0 Å². The van der Waals surface area contributed by atoms with Gasteiger partial charge >= 0.3 is 0 Å². The van der Waals surface area contributed by atoms with Gasteiger partial charge in [-0.2, -0.15) is 0 Å². The smallest absolute Gasteiger partial charge is 0.0447 e. The van der Waals surface area contributed by atoms with Crippen LogP contribution in [0.3, 0.4) is 0 Å². The summed E-state index contributed by atoms with van der Waals surface area (Å²) in [5.74, 6) is 0. The van der Waals surface area contributed by atoms with Gasteiger partial charge in [-0.3, -0.25) is 4.90 Å². The molecule has 2 nitrogen and oxygen atoms in total. The van der Waals surface area contributed by atoms with Gasteiger partial charge in [0, 0.05) is 41.2 Å². The van der Waals surface area contributed by atoms with E-state index in [9.17, 15) is 0 Å². The molecule has 1 atom stereocenters. The van der Waals surface area contributed by atoms with Crippen molar-refractivity contribution in [2.45, 2.75) is 25.3 Å². The second kappa shape index (κ2) is 5.62. The maximum atomic E-state index is 3.69. The van der Waals surface area contributed by atoms with Crippen molar-refractivity contribution in [3.8, 4) is 0 Å². The molecule has 0 radical (unpaired) electrons. The number of hydrogen-bond acceptors (Lipinski definition) is 2. The molecule has 0 N–H and O–H groups in total. The van der Waals surface area contributed by atoms with Gasteiger partial charge < -0.3 is 4.90 Å². The number of rotatable bonds is 1. The summed E-state index contributed by atoms with van der Waals surface area (Å²) in [5.41, 5.74) is 1.41. The highest BCUT2D eigenvalue weighted by molar-refractivity contribution is 9.10. The fraction of sp³-hybridized carbons (Fsp3) is 0.444. The topological polar surface area (TPSA) is 6.48 Å². The highest BCUT2D eigenvalue weighted by Crippen LogP contribution is 2.34. The van der Waals surface area contributed by atoms with Crippen LogP contribution in [0.25, 0.3) is 10.8 Å². The summed E-state index contributed by atoms with van der Waals surface area (Å²) in [6.45, 7) is 4.94. The lowest BCUT2D eigenvalue weighted by Crippen LogP contribution is -2.36. The lowest BCUT2D eigenvalue weighted by Gasteiger charge is -2.28. The van der Waals surface area contributed by atoms with Crippen molar-refractivity contribution < 1.29 is 0 Å². The van der Waals surface area contributed by atoms with E-state index < -0.39 is 0 Å². The van der Waals surface area contributed by atoms with Crippen molar-refractivity contribution in [3.63, 3.8) is 0 Å². The molecule has 0 spiro atoms. The minimum absolute atomic E-state index is 0.759. The van der Waals surface area contributed by atoms with Crippen LogP contribution < -0.4 is 4.90 Å². The third-order valence-electron chi connectivity index (χ3n) is 4.99. The second-order valence-electron chi connectivity index (χ2n) is 6.24. The van der Waals surface area contributed by atoms with E-state index in [2.05, 4.69) is 62.1 Å². The maximum absolute atomic E-state index is 3.69. The average molecular weight is 345 g/mol. The molecule has 110 valence electrons. The molecule has 2 aromatic rings. The largest absolute Gasteiger partial charge is 0.369 e. The third kappa shape index (κ3) is 2.47. The van der Waals surface area contributed by atoms with Gasteiger partial charge in [-0.15, -0.1) is 0 Å². The van der Waals surface area contributed by atoms with Crippen molar-refractivity contribution in [2.75, 3.05) is 31.1 Å². The van der Waals surface area contributed by atoms with Crippen molar-refractivity contribution in [2.24, 2.45) is 0 Å². The predicted octanol–water partition coefficient (Wildman–Crippen LogP) is 4.28. The minimum Gasteiger partial charge on any atom is -0.369 e. The highest BCUT2D eigenvalue weighted by atomic mass is 79.9. The molecule has 2 fully saturated rings. The van der Waals surface area contributed by atoms with Crippen LogP contribution in [0.2, 0.25) is 0 Å². The normalized spacial score (nSPS) is 23.3. The Hall–Kier alpha value is -1.06. The summed E-state index contributed by atoms with van der Waals surface area (Å²) in [6.07, 6.45) is 4.02. The van der Waals surface area contributed by atoms with E-state index in [1.54, 1.807) is 0 Å². The van der Waals surface area contributed by atoms with E-state index in [1.165, 1.54) is 66.4 Å². The molecule has 0 aromatic heterocycles. The van der Waals surface area contributed by atoms with E-state index in [0.717, 1.165) is 6.04 Å². The zero-order valence-electron chi connectivity index (χ0n) is 12.3. The Morgan fingerprint density at radius 1 is 0.905 bits per heavy atom. The molecule has 3 heteroatoms. The Bertz CT molecular complexity index is 655. The van der Waals surface area contributed by atoms with Gasteiger partial charge in [-0.05, 0) is 43.3 Å². The molecule has 0 saturated carbocycles. The SMILES string of the molecule is Brc1ccc(N2CCCN3CCCC3C2)c2ccccc12. The van der Waals surface area contributed by atoms with Crippen LogP contribution in [0.4, 0.5) is 5.69 Å².